The maximum atomic E-state index is 5.69. The highest BCUT2D eigenvalue weighted by Gasteiger charge is 2.19. The van der Waals surface area contributed by atoms with Crippen LogP contribution < -0.4 is 10.6 Å². The molecule has 2 rings (SSSR count). The first-order valence-corrected chi connectivity index (χ1v) is 16.5. The van der Waals surface area contributed by atoms with Crippen molar-refractivity contribution in [1.29, 1.82) is 0 Å². The third kappa shape index (κ3) is 13.2. The summed E-state index contributed by atoms with van der Waals surface area (Å²) in [4.78, 5) is 0. The van der Waals surface area contributed by atoms with Gasteiger partial charge in [0.15, 0.2) is 0 Å². The van der Waals surface area contributed by atoms with Crippen molar-refractivity contribution in [2.45, 2.75) is 63.6 Å². The first-order valence-electron chi connectivity index (χ1n) is 11.1. The molecule has 174 valence electrons. The van der Waals surface area contributed by atoms with Gasteiger partial charge in [0.05, 0.1) is 21.6 Å². The van der Waals surface area contributed by atoms with Crippen molar-refractivity contribution >= 4 is 76.0 Å². The lowest BCUT2D eigenvalue weighted by atomic mass is 10.1. The number of morpholine rings is 2. The predicted molar refractivity (Wildman–Crippen MR) is 147 cm³/mol. The highest BCUT2D eigenvalue weighted by molar-refractivity contribution is 8.84. The molecule has 0 aliphatic carbocycles. The van der Waals surface area contributed by atoms with Crippen molar-refractivity contribution < 1.29 is 9.47 Å². The van der Waals surface area contributed by atoms with Crippen LogP contribution in [0.4, 0.5) is 0 Å². The zero-order valence-corrected chi connectivity index (χ0v) is 22.6. The average molecular weight is 529 g/mol. The van der Waals surface area contributed by atoms with E-state index in [9.17, 15) is 0 Å². The smallest absolute Gasteiger partial charge is 0.112 e. The van der Waals surface area contributed by atoms with E-state index in [2.05, 4.69) is 10.6 Å². The summed E-state index contributed by atoms with van der Waals surface area (Å²) >= 11 is 10.9. The molecule has 2 aliphatic rings. The Kier molecular flexibility index (Phi) is 17.3. The molecule has 0 saturated carbocycles. The summed E-state index contributed by atoms with van der Waals surface area (Å²) in [6, 6.07) is 0. The van der Waals surface area contributed by atoms with Crippen LogP contribution in [0, 0.1) is 0 Å². The van der Waals surface area contributed by atoms with E-state index in [1.54, 1.807) is 21.6 Å². The normalized spacial score (nSPS) is 22.1. The van der Waals surface area contributed by atoms with E-state index in [0.717, 1.165) is 47.8 Å². The molecule has 2 unspecified atom stereocenters. The maximum Gasteiger partial charge on any atom is 0.112 e. The van der Waals surface area contributed by atoms with Crippen LogP contribution in [0.2, 0.25) is 0 Å². The molecule has 2 aliphatic heterocycles. The van der Waals surface area contributed by atoms with Crippen molar-refractivity contribution in [3.63, 3.8) is 0 Å². The summed E-state index contributed by atoms with van der Waals surface area (Å²) < 4.78 is 13.4. The fourth-order valence-corrected chi connectivity index (χ4v) is 8.40. The number of unbranched alkanes of at least 4 members (excludes halogenated alkanes) is 7. The first-order chi connectivity index (χ1) is 14.8. The van der Waals surface area contributed by atoms with Crippen molar-refractivity contribution in [3.8, 4) is 0 Å². The van der Waals surface area contributed by atoms with Gasteiger partial charge in [-0.15, -0.1) is 0 Å². The third-order valence-electron chi connectivity index (χ3n) is 4.87. The number of nitrogens with one attached hydrogen (secondary N) is 2. The second-order valence-corrected chi connectivity index (χ2v) is 13.7. The Morgan fingerprint density at radius 2 is 1.07 bits per heavy atom. The van der Waals surface area contributed by atoms with Crippen molar-refractivity contribution in [3.05, 3.63) is 0 Å². The van der Waals surface area contributed by atoms with Gasteiger partial charge in [0, 0.05) is 37.7 Å². The first kappa shape index (κ1) is 27.7. The highest BCUT2D eigenvalue weighted by atomic mass is 33.1. The lowest BCUT2D eigenvalue weighted by Gasteiger charge is -2.23. The second-order valence-electron chi connectivity index (χ2n) is 7.40. The molecular formula is C20H36N2O2S6. The van der Waals surface area contributed by atoms with E-state index in [1.165, 1.54) is 62.9 Å². The Bertz CT molecular complexity index is 432. The van der Waals surface area contributed by atoms with Crippen molar-refractivity contribution in [2.24, 2.45) is 0 Å². The Balaban J connectivity index is 1.27. The molecular weight excluding hydrogens is 493 g/mol. The van der Waals surface area contributed by atoms with Crippen LogP contribution in [0.25, 0.3) is 0 Å². The summed E-state index contributed by atoms with van der Waals surface area (Å²) in [5.41, 5.74) is 0. The fraction of sp³-hybridized carbons (Fsp3) is 0.900. The molecule has 2 saturated heterocycles. The van der Waals surface area contributed by atoms with Gasteiger partial charge < -0.3 is 20.1 Å². The lowest BCUT2D eigenvalue weighted by Crippen LogP contribution is -2.41. The minimum Gasteiger partial charge on any atom is -0.369 e. The predicted octanol–water partition coefficient (Wildman–Crippen LogP) is 5.50. The van der Waals surface area contributed by atoms with Gasteiger partial charge in [-0.3, -0.25) is 0 Å². The molecule has 10 heteroatoms. The van der Waals surface area contributed by atoms with Gasteiger partial charge in [-0.1, -0.05) is 84.5 Å². The van der Waals surface area contributed by atoms with E-state index >= 15 is 0 Å². The zero-order chi connectivity index (χ0) is 21.3. The minimum atomic E-state index is 0.114. The van der Waals surface area contributed by atoms with Gasteiger partial charge in [0.1, 0.15) is 12.2 Å². The molecule has 2 N–H and O–H groups in total. The van der Waals surface area contributed by atoms with E-state index < -0.39 is 0 Å². The number of ether oxygens (including phenoxy) is 2. The van der Waals surface area contributed by atoms with Gasteiger partial charge in [0.2, 0.25) is 0 Å². The molecule has 2 fully saturated rings. The van der Waals surface area contributed by atoms with Crippen LogP contribution in [-0.2, 0) is 9.47 Å². The number of hydrogen-bond donors (Lipinski definition) is 2. The molecule has 0 amide bonds. The van der Waals surface area contributed by atoms with E-state index in [0.29, 0.717) is 0 Å². The Labute approximate surface area is 209 Å². The molecule has 0 radical (unpaired) electrons. The molecule has 0 bridgehead atoms. The summed E-state index contributed by atoms with van der Waals surface area (Å²) in [5.74, 6) is 2.37. The quantitative estimate of drug-likeness (QED) is 0.162. The topological polar surface area (TPSA) is 42.5 Å². The van der Waals surface area contributed by atoms with E-state index in [-0.39, 0.29) is 12.2 Å². The summed E-state index contributed by atoms with van der Waals surface area (Å²) in [7, 11) is 7.25. The Morgan fingerprint density at radius 3 is 1.43 bits per heavy atom. The van der Waals surface area contributed by atoms with Crippen LogP contribution >= 0.6 is 67.6 Å². The molecule has 0 aromatic carbocycles. The van der Waals surface area contributed by atoms with Gasteiger partial charge in [-0.25, -0.2) is 0 Å². The SMILES string of the molecule is S=C(SSCCCCCCCCCCSSC(=S)C1CNCCO1)C1CNCCO1. The summed E-state index contributed by atoms with van der Waals surface area (Å²) in [6.07, 6.45) is 10.9. The molecule has 0 aromatic heterocycles. The van der Waals surface area contributed by atoms with Crippen LogP contribution in [0.5, 0.6) is 0 Å². The Hall–Kier alpha value is 1.42. The van der Waals surface area contributed by atoms with Gasteiger partial charge in [-0.2, -0.15) is 0 Å². The third-order valence-corrected chi connectivity index (χ3v) is 11.3. The number of hydrogen-bond acceptors (Lipinski definition) is 10. The van der Waals surface area contributed by atoms with Crippen LogP contribution in [0.1, 0.15) is 51.4 Å². The van der Waals surface area contributed by atoms with Crippen LogP contribution in [0.15, 0.2) is 0 Å². The molecule has 0 aromatic rings. The van der Waals surface area contributed by atoms with Crippen molar-refractivity contribution in [2.75, 3.05) is 50.9 Å². The average Bonchev–Trinajstić information content (AvgIpc) is 2.80. The molecule has 0 spiro atoms. The van der Waals surface area contributed by atoms with Gasteiger partial charge in [0.25, 0.3) is 0 Å². The summed E-state index contributed by atoms with van der Waals surface area (Å²) in [6.45, 7) is 5.16. The number of rotatable bonds is 15. The van der Waals surface area contributed by atoms with Crippen LogP contribution in [0.3, 0.4) is 0 Å². The van der Waals surface area contributed by atoms with E-state index in [1.807, 2.05) is 21.6 Å². The Morgan fingerprint density at radius 1 is 0.667 bits per heavy atom. The molecule has 2 heterocycles. The number of thiocarbonyl (C=S) groups is 2. The van der Waals surface area contributed by atoms with E-state index in [4.69, 9.17) is 33.9 Å². The molecule has 4 nitrogen and oxygen atoms in total. The monoisotopic (exact) mass is 528 g/mol. The van der Waals surface area contributed by atoms with Gasteiger partial charge >= 0.3 is 0 Å². The lowest BCUT2D eigenvalue weighted by molar-refractivity contribution is 0.0743. The fourth-order valence-electron chi connectivity index (χ4n) is 3.12. The minimum absolute atomic E-state index is 0.114. The molecule has 30 heavy (non-hydrogen) atoms. The second kappa shape index (κ2) is 18.8. The highest BCUT2D eigenvalue weighted by Crippen LogP contribution is 2.28. The van der Waals surface area contributed by atoms with Crippen molar-refractivity contribution in [1.82, 2.24) is 10.6 Å². The maximum absolute atomic E-state index is 5.69. The molecule has 2 atom stereocenters. The largest absolute Gasteiger partial charge is 0.369 e. The standard InChI is InChI=1S/C20H36N2O2S6/c25-19(17-15-21-9-11-23-17)29-27-13-7-5-3-1-2-4-6-8-14-28-30-20(26)18-16-22-10-12-24-18/h17-18,21-22H,1-16H2. The van der Waals surface area contributed by atoms with Gasteiger partial charge in [-0.05, 0) is 34.4 Å². The van der Waals surface area contributed by atoms with Crippen LogP contribution in [-0.4, -0.2) is 71.5 Å². The summed E-state index contributed by atoms with van der Waals surface area (Å²) in [5, 5.41) is 6.66. The zero-order valence-electron chi connectivity index (χ0n) is 17.7.